The first kappa shape index (κ1) is 19.8. The van der Waals surface area contributed by atoms with Crippen LogP contribution in [-0.2, 0) is 16.6 Å². The Hall–Kier alpha value is -3.15. The summed E-state index contributed by atoms with van der Waals surface area (Å²) < 4.78 is 10.7. The van der Waals surface area contributed by atoms with Crippen LogP contribution in [0.3, 0.4) is 0 Å². The topological polar surface area (TPSA) is 68.5 Å². The van der Waals surface area contributed by atoms with Crippen LogP contribution < -0.4 is 4.74 Å². The number of hydrogen-bond acceptors (Lipinski definition) is 5. The lowest BCUT2D eigenvalue weighted by atomic mass is 9.90. The maximum Gasteiger partial charge on any atom is 0.233 e. The third-order valence-corrected chi connectivity index (χ3v) is 6.67. The van der Waals surface area contributed by atoms with E-state index < -0.39 is 0 Å². The molecule has 0 bridgehead atoms. The molecule has 160 valence electrons. The number of hydrogen-bond donors (Lipinski definition) is 0. The van der Waals surface area contributed by atoms with Crippen LogP contribution in [0.25, 0.3) is 11.4 Å². The van der Waals surface area contributed by atoms with Gasteiger partial charge in [-0.25, -0.2) is 0 Å². The smallest absolute Gasteiger partial charge is 0.233 e. The molecule has 1 amide bonds. The quantitative estimate of drug-likeness (QED) is 0.600. The molecule has 2 fully saturated rings. The second-order valence-electron chi connectivity index (χ2n) is 8.63. The highest BCUT2D eigenvalue weighted by Crippen LogP contribution is 2.50. The van der Waals surface area contributed by atoms with Gasteiger partial charge < -0.3 is 14.2 Å². The van der Waals surface area contributed by atoms with Crippen molar-refractivity contribution in [1.29, 1.82) is 0 Å². The fraction of sp³-hybridized carbons (Fsp3) is 0.400. The number of nitrogens with zero attached hydrogens (tertiary/aromatic N) is 3. The van der Waals surface area contributed by atoms with Crippen LogP contribution in [0.2, 0.25) is 0 Å². The lowest BCUT2D eigenvalue weighted by Crippen LogP contribution is -2.44. The zero-order chi connectivity index (χ0) is 21.3. The van der Waals surface area contributed by atoms with Crippen molar-refractivity contribution in [1.82, 2.24) is 15.0 Å². The second-order valence-corrected chi connectivity index (χ2v) is 8.63. The minimum absolute atomic E-state index is 0.278. The Kier molecular flexibility index (Phi) is 5.22. The van der Waals surface area contributed by atoms with Crippen LogP contribution in [0.4, 0.5) is 0 Å². The van der Waals surface area contributed by atoms with Crippen molar-refractivity contribution >= 4 is 5.91 Å². The lowest BCUT2D eigenvalue weighted by molar-refractivity contribution is -0.135. The molecule has 0 N–H and O–H groups in total. The molecule has 31 heavy (non-hydrogen) atoms. The number of amides is 1. The first-order valence-corrected chi connectivity index (χ1v) is 11.0. The molecule has 2 heterocycles. The molecule has 2 aromatic carbocycles. The summed E-state index contributed by atoms with van der Waals surface area (Å²) in [6.07, 6.45) is 4.57. The molecule has 2 aliphatic rings. The molecule has 6 heteroatoms. The third kappa shape index (κ3) is 3.94. The first-order valence-electron chi connectivity index (χ1n) is 11.0. The van der Waals surface area contributed by atoms with Crippen LogP contribution in [0, 0.1) is 5.92 Å². The minimum atomic E-state index is -0.323. The van der Waals surface area contributed by atoms with E-state index in [1.165, 1.54) is 0 Å². The molecule has 1 saturated heterocycles. The molecular weight excluding hydrogens is 390 g/mol. The fourth-order valence-electron chi connectivity index (χ4n) is 4.59. The lowest BCUT2D eigenvalue weighted by Gasteiger charge is -2.34. The van der Waals surface area contributed by atoms with Crippen molar-refractivity contribution in [3.05, 3.63) is 66.1 Å². The Labute approximate surface area is 182 Å². The summed E-state index contributed by atoms with van der Waals surface area (Å²) in [5.41, 5.74) is 1.75. The number of aromatic nitrogens is 2. The molecule has 0 atom stereocenters. The summed E-state index contributed by atoms with van der Waals surface area (Å²) in [5.74, 6) is 2.88. The fourth-order valence-corrected chi connectivity index (χ4v) is 4.59. The normalized spacial score (nSPS) is 18.0. The van der Waals surface area contributed by atoms with Crippen molar-refractivity contribution < 1.29 is 14.1 Å². The molecule has 0 spiro atoms. The predicted octanol–water partition coefficient (Wildman–Crippen LogP) is 4.26. The van der Waals surface area contributed by atoms with Gasteiger partial charge in [-0.05, 0) is 49.3 Å². The van der Waals surface area contributed by atoms with Crippen molar-refractivity contribution in [3.63, 3.8) is 0 Å². The molecule has 0 unspecified atom stereocenters. The molecule has 3 aromatic rings. The van der Waals surface area contributed by atoms with Gasteiger partial charge in [-0.1, -0.05) is 47.6 Å². The Morgan fingerprint density at radius 2 is 1.81 bits per heavy atom. The first-order chi connectivity index (χ1) is 15.2. The van der Waals surface area contributed by atoms with E-state index in [1.807, 2.05) is 54.6 Å². The zero-order valence-electron chi connectivity index (χ0n) is 17.8. The van der Waals surface area contributed by atoms with Crippen LogP contribution in [0.5, 0.6) is 5.75 Å². The standard InChI is InChI=1S/C25H27N3O3/c1-30-21-9-7-20(8-10-21)25(13-14-25)24(29)28-15-11-18(12-16-28)17-22-26-23(27-31-22)19-5-3-2-4-6-19/h2-10,18H,11-17H2,1H3. The van der Waals surface area contributed by atoms with E-state index in [4.69, 9.17) is 9.26 Å². The van der Waals surface area contributed by atoms with Gasteiger partial charge in [0, 0.05) is 25.1 Å². The summed E-state index contributed by atoms with van der Waals surface area (Å²) in [6, 6.07) is 17.8. The van der Waals surface area contributed by atoms with Gasteiger partial charge >= 0.3 is 0 Å². The Morgan fingerprint density at radius 1 is 1.10 bits per heavy atom. The van der Waals surface area contributed by atoms with E-state index in [0.717, 1.165) is 62.1 Å². The monoisotopic (exact) mass is 417 g/mol. The number of rotatable bonds is 6. The number of carbonyl (C=O) groups is 1. The Morgan fingerprint density at radius 3 is 2.45 bits per heavy atom. The number of likely N-dealkylation sites (tertiary alicyclic amines) is 1. The summed E-state index contributed by atoms with van der Waals surface area (Å²) in [6.45, 7) is 1.59. The van der Waals surface area contributed by atoms with Gasteiger partial charge in [0.05, 0.1) is 12.5 Å². The van der Waals surface area contributed by atoms with Crippen LogP contribution in [0.15, 0.2) is 59.1 Å². The van der Waals surface area contributed by atoms with Crippen LogP contribution >= 0.6 is 0 Å². The van der Waals surface area contributed by atoms with E-state index in [-0.39, 0.29) is 11.3 Å². The molecular formula is C25H27N3O3. The van der Waals surface area contributed by atoms with Crippen LogP contribution in [0.1, 0.15) is 37.1 Å². The predicted molar refractivity (Wildman–Crippen MR) is 117 cm³/mol. The summed E-state index contributed by atoms with van der Waals surface area (Å²) in [5, 5.41) is 4.12. The van der Waals surface area contributed by atoms with Gasteiger partial charge in [0.2, 0.25) is 17.6 Å². The van der Waals surface area contributed by atoms with E-state index in [2.05, 4.69) is 15.0 Å². The zero-order valence-corrected chi connectivity index (χ0v) is 17.8. The van der Waals surface area contributed by atoms with Gasteiger partial charge in [-0.3, -0.25) is 4.79 Å². The Bertz CT molecular complexity index is 1030. The Balaban J connectivity index is 1.18. The second kappa shape index (κ2) is 8.17. The number of ether oxygens (including phenoxy) is 1. The van der Waals surface area contributed by atoms with Crippen molar-refractivity contribution in [2.24, 2.45) is 5.92 Å². The van der Waals surface area contributed by atoms with Gasteiger partial charge in [0.15, 0.2) is 0 Å². The minimum Gasteiger partial charge on any atom is -0.497 e. The van der Waals surface area contributed by atoms with E-state index in [9.17, 15) is 4.79 Å². The van der Waals surface area contributed by atoms with E-state index >= 15 is 0 Å². The summed E-state index contributed by atoms with van der Waals surface area (Å²) >= 11 is 0. The van der Waals surface area contributed by atoms with Crippen molar-refractivity contribution in [3.8, 4) is 17.1 Å². The molecule has 1 aliphatic carbocycles. The average molecular weight is 418 g/mol. The SMILES string of the molecule is COc1ccc(C2(C(=O)N3CCC(Cc4nc(-c5ccccc5)no4)CC3)CC2)cc1. The van der Waals surface area contributed by atoms with Crippen molar-refractivity contribution in [2.45, 2.75) is 37.5 Å². The molecule has 5 rings (SSSR count). The highest BCUT2D eigenvalue weighted by atomic mass is 16.5. The van der Waals surface area contributed by atoms with Gasteiger partial charge in [0.25, 0.3) is 0 Å². The highest BCUT2D eigenvalue weighted by Gasteiger charge is 2.53. The van der Waals surface area contributed by atoms with Gasteiger partial charge in [0.1, 0.15) is 5.75 Å². The maximum atomic E-state index is 13.3. The van der Waals surface area contributed by atoms with E-state index in [0.29, 0.717) is 17.6 Å². The van der Waals surface area contributed by atoms with Gasteiger partial charge in [-0.2, -0.15) is 4.98 Å². The third-order valence-electron chi connectivity index (χ3n) is 6.67. The average Bonchev–Trinajstić information content (AvgIpc) is 3.52. The number of methoxy groups -OCH3 is 1. The molecule has 1 aromatic heterocycles. The number of benzene rings is 2. The number of piperidine rings is 1. The van der Waals surface area contributed by atoms with Crippen molar-refractivity contribution in [2.75, 3.05) is 20.2 Å². The summed E-state index contributed by atoms with van der Waals surface area (Å²) in [7, 11) is 1.66. The molecule has 0 radical (unpaired) electrons. The maximum absolute atomic E-state index is 13.3. The van der Waals surface area contributed by atoms with Gasteiger partial charge in [-0.15, -0.1) is 0 Å². The molecule has 6 nitrogen and oxygen atoms in total. The van der Waals surface area contributed by atoms with Crippen LogP contribution in [-0.4, -0.2) is 41.1 Å². The largest absolute Gasteiger partial charge is 0.497 e. The van der Waals surface area contributed by atoms with E-state index in [1.54, 1.807) is 7.11 Å². The molecule has 1 aliphatic heterocycles. The summed E-state index contributed by atoms with van der Waals surface area (Å²) in [4.78, 5) is 19.9. The molecule has 1 saturated carbocycles. The number of carbonyl (C=O) groups excluding carboxylic acids is 1. The highest BCUT2D eigenvalue weighted by molar-refractivity contribution is 5.91.